The van der Waals surface area contributed by atoms with Crippen LogP contribution in [0.5, 0.6) is 5.75 Å². The minimum absolute atomic E-state index is 0.207. The number of nitrogens with zero attached hydrogens (tertiary/aromatic N) is 2. The zero-order valence-corrected chi connectivity index (χ0v) is 18.7. The Morgan fingerprint density at radius 2 is 1.81 bits per heavy atom. The number of methoxy groups -OCH3 is 1. The Kier molecular flexibility index (Phi) is 5.17. The number of ketones is 1. The zero-order valence-electron chi connectivity index (χ0n) is 17.1. The molecule has 0 spiro atoms. The van der Waals surface area contributed by atoms with Crippen LogP contribution in [0.15, 0.2) is 78.3 Å². The van der Waals surface area contributed by atoms with E-state index in [1.54, 1.807) is 19.2 Å². The van der Waals surface area contributed by atoms with Crippen molar-refractivity contribution in [1.29, 1.82) is 0 Å². The van der Waals surface area contributed by atoms with E-state index in [9.17, 15) is 4.79 Å². The maximum absolute atomic E-state index is 13.6. The smallest absolute Gasteiger partial charge is 0.215 e. The Morgan fingerprint density at radius 3 is 2.59 bits per heavy atom. The lowest BCUT2D eigenvalue weighted by atomic mass is 10.1. The van der Waals surface area contributed by atoms with Crippen LogP contribution in [-0.4, -0.2) is 22.3 Å². The number of fused-ring (bicyclic) bond motifs is 1. The van der Waals surface area contributed by atoms with Crippen molar-refractivity contribution < 1.29 is 9.53 Å². The summed E-state index contributed by atoms with van der Waals surface area (Å²) < 4.78 is 7.22. The largest absolute Gasteiger partial charge is 0.496 e. The normalized spacial score (nSPS) is 11.1. The van der Waals surface area contributed by atoms with E-state index < -0.39 is 0 Å². The molecule has 7 heteroatoms. The van der Waals surface area contributed by atoms with Gasteiger partial charge in [0.05, 0.1) is 35.1 Å². The number of carbonyl (C=O) groups is 1. The highest BCUT2D eigenvalue weighted by Crippen LogP contribution is 2.40. The van der Waals surface area contributed by atoms with Crippen LogP contribution < -0.4 is 10.5 Å². The summed E-state index contributed by atoms with van der Waals surface area (Å²) in [5.74, 6) is 0.297. The van der Waals surface area contributed by atoms with Crippen molar-refractivity contribution in [3.8, 4) is 27.6 Å². The number of hydrogen-bond donors (Lipinski definition) is 1. The molecule has 0 fully saturated rings. The second kappa shape index (κ2) is 8.15. The number of hydrogen-bond acceptors (Lipinski definition) is 5. The molecule has 0 saturated carbocycles. The van der Waals surface area contributed by atoms with Gasteiger partial charge in [-0.1, -0.05) is 41.9 Å². The molecule has 0 atom stereocenters. The van der Waals surface area contributed by atoms with Crippen molar-refractivity contribution in [2.45, 2.75) is 0 Å². The Labute approximate surface area is 193 Å². The highest BCUT2D eigenvalue weighted by atomic mass is 35.5. The zero-order chi connectivity index (χ0) is 22.2. The number of rotatable bonds is 5. The number of para-hydroxylation sites is 1. The second-order valence-electron chi connectivity index (χ2n) is 7.17. The quantitative estimate of drug-likeness (QED) is 0.317. The summed E-state index contributed by atoms with van der Waals surface area (Å²) in [6.45, 7) is 0. The Balaban J connectivity index is 1.67. The van der Waals surface area contributed by atoms with Crippen molar-refractivity contribution in [2.24, 2.45) is 0 Å². The van der Waals surface area contributed by atoms with E-state index in [0.717, 1.165) is 27.3 Å². The minimum atomic E-state index is -0.207. The van der Waals surface area contributed by atoms with Crippen LogP contribution in [-0.2, 0) is 0 Å². The first-order valence-corrected chi connectivity index (χ1v) is 11.1. The number of carbonyl (C=O) groups excluding carboxylic acids is 1. The van der Waals surface area contributed by atoms with Gasteiger partial charge in [0.2, 0.25) is 5.78 Å². The molecule has 0 aliphatic heterocycles. The van der Waals surface area contributed by atoms with E-state index >= 15 is 0 Å². The van der Waals surface area contributed by atoms with Crippen molar-refractivity contribution in [1.82, 2.24) is 9.38 Å². The number of nitrogen functional groups attached to an aromatic ring is 1. The van der Waals surface area contributed by atoms with Crippen LogP contribution in [0.2, 0.25) is 5.02 Å². The summed E-state index contributed by atoms with van der Waals surface area (Å²) in [6, 6.07) is 20.4. The molecule has 0 unspecified atom stereocenters. The fourth-order valence-electron chi connectivity index (χ4n) is 3.79. The van der Waals surface area contributed by atoms with Gasteiger partial charge < -0.3 is 14.9 Å². The topological polar surface area (TPSA) is 69.6 Å². The first-order chi connectivity index (χ1) is 15.6. The third kappa shape index (κ3) is 3.34. The fraction of sp³-hybridized carbons (Fsp3) is 0.0400. The number of benzene rings is 2. The van der Waals surface area contributed by atoms with Crippen molar-refractivity contribution in [2.75, 3.05) is 12.8 Å². The van der Waals surface area contributed by atoms with Gasteiger partial charge in [0.15, 0.2) is 0 Å². The van der Waals surface area contributed by atoms with Crippen LogP contribution in [0.4, 0.5) is 5.69 Å². The molecule has 158 valence electrons. The molecule has 0 amide bonds. The molecule has 3 aromatic heterocycles. The molecular weight excluding hydrogens is 442 g/mol. The molecule has 32 heavy (non-hydrogen) atoms. The monoisotopic (exact) mass is 459 g/mol. The van der Waals surface area contributed by atoms with Gasteiger partial charge in [-0.2, -0.15) is 0 Å². The maximum atomic E-state index is 13.6. The summed E-state index contributed by atoms with van der Waals surface area (Å²) in [6.07, 6.45) is 1.84. The lowest BCUT2D eigenvalue weighted by molar-refractivity contribution is 0.103. The predicted molar refractivity (Wildman–Crippen MR) is 130 cm³/mol. The highest BCUT2D eigenvalue weighted by Gasteiger charge is 2.26. The first kappa shape index (κ1) is 20.3. The van der Waals surface area contributed by atoms with E-state index in [1.807, 2.05) is 70.6 Å². The summed E-state index contributed by atoms with van der Waals surface area (Å²) in [4.78, 5) is 18.4. The van der Waals surface area contributed by atoms with E-state index in [1.165, 1.54) is 11.3 Å². The van der Waals surface area contributed by atoms with Gasteiger partial charge in [-0.15, -0.1) is 11.3 Å². The predicted octanol–water partition coefficient (Wildman–Crippen LogP) is 6.21. The van der Waals surface area contributed by atoms with E-state index in [2.05, 4.69) is 0 Å². The van der Waals surface area contributed by atoms with Crippen molar-refractivity contribution >= 4 is 39.9 Å². The molecule has 2 aromatic carbocycles. The van der Waals surface area contributed by atoms with Gasteiger partial charge in [0, 0.05) is 22.2 Å². The summed E-state index contributed by atoms with van der Waals surface area (Å²) in [7, 11) is 1.55. The average molecular weight is 460 g/mol. The lowest BCUT2D eigenvalue weighted by Crippen LogP contribution is -2.09. The molecule has 5 rings (SSSR count). The molecule has 0 saturated heterocycles. The van der Waals surface area contributed by atoms with Gasteiger partial charge in [0.1, 0.15) is 16.5 Å². The molecule has 0 aliphatic rings. The molecular formula is C25H18ClN3O2S. The third-order valence-electron chi connectivity index (χ3n) is 5.31. The average Bonchev–Trinajstić information content (AvgIpc) is 3.41. The standard InChI is InChI=1S/C25H18ClN3O2S/c1-31-20-8-3-2-6-17(20)24(30)23-22(27)21(19-7-4-5-13-29(19)23)25-28-18(14-32-25)15-9-11-16(26)12-10-15/h2-14H,27H2,1H3. The van der Waals surface area contributed by atoms with Crippen molar-refractivity contribution in [3.05, 3.63) is 94.6 Å². The minimum Gasteiger partial charge on any atom is -0.496 e. The number of ether oxygens (including phenoxy) is 1. The van der Waals surface area contributed by atoms with E-state index in [-0.39, 0.29) is 5.78 Å². The van der Waals surface area contributed by atoms with E-state index in [4.69, 9.17) is 27.1 Å². The first-order valence-electron chi connectivity index (χ1n) is 9.86. The van der Waals surface area contributed by atoms with E-state index in [0.29, 0.717) is 27.7 Å². The number of pyridine rings is 1. The summed E-state index contributed by atoms with van der Waals surface area (Å²) in [5, 5.41) is 3.40. The van der Waals surface area contributed by atoms with Crippen molar-refractivity contribution in [3.63, 3.8) is 0 Å². The molecule has 0 aliphatic carbocycles. The maximum Gasteiger partial charge on any atom is 0.215 e. The van der Waals surface area contributed by atoms with Crippen LogP contribution >= 0.6 is 22.9 Å². The van der Waals surface area contributed by atoms with Gasteiger partial charge in [-0.3, -0.25) is 4.79 Å². The molecule has 3 heterocycles. The highest BCUT2D eigenvalue weighted by molar-refractivity contribution is 7.13. The fourth-order valence-corrected chi connectivity index (χ4v) is 4.81. The Hall–Kier alpha value is -3.61. The lowest BCUT2D eigenvalue weighted by Gasteiger charge is -2.08. The molecule has 2 N–H and O–H groups in total. The summed E-state index contributed by atoms with van der Waals surface area (Å²) >= 11 is 7.50. The van der Waals surface area contributed by atoms with Gasteiger partial charge in [-0.05, 0) is 36.4 Å². The number of aromatic nitrogens is 2. The number of anilines is 1. The molecule has 5 aromatic rings. The van der Waals surface area contributed by atoms with Crippen LogP contribution in [0.1, 0.15) is 16.1 Å². The number of thiazole rings is 1. The second-order valence-corrected chi connectivity index (χ2v) is 8.46. The SMILES string of the molecule is COc1ccccc1C(=O)c1c(N)c(-c2nc(-c3ccc(Cl)cc3)cs2)c2ccccn12. The Bertz CT molecular complexity index is 1450. The van der Waals surface area contributed by atoms with Gasteiger partial charge >= 0.3 is 0 Å². The summed E-state index contributed by atoms with van der Waals surface area (Å²) in [5.41, 5.74) is 11.2. The third-order valence-corrected chi connectivity index (χ3v) is 6.42. The van der Waals surface area contributed by atoms with Crippen LogP contribution in [0, 0.1) is 0 Å². The molecule has 0 radical (unpaired) electrons. The van der Waals surface area contributed by atoms with Crippen LogP contribution in [0.25, 0.3) is 27.3 Å². The van der Waals surface area contributed by atoms with Gasteiger partial charge in [-0.25, -0.2) is 4.98 Å². The number of nitrogens with two attached hydrogens (primary N) is 1. The molecule has 0 bridgehead atoms. The molecule has 5 nitrogen and oxygen atoms in total. The number of halogens is 1. The van der Waals surface area contributed by atoms with Gasteiger partial charge in [0.25, 0.3) is 0 Å². The Morgan fingerprint density at radius 1 is 1.06 bits per heavy atom. The van der Waals surface area contributed by atoms with Crippen LogP contribution in [0.3, 0.4) is 0 Å².